The first-order valence-electron chi connectivity index (χ1n) is 4.67. The van der Waals surface area contributed by atoms with E-state index < -0.39 is 0 Å². The van der Waals surface area contributed by atoms with E-state index in [0.717, 1.165) is 5.82 Å². The zero-order valence-electron chi connectivity index (χ0n) is 9.09. The molecule has 0 fully saturated rings. The summed E-state index contributed by atoms with van der Waals surface area (Å²) in [5, 5.41) is 0. The summed E-state index contributed by atoms with van der Waals surface area (Å²) in [6.07, 6.45) is 7.35. The second kappa shape index (κ2) is 5.20. The number of aryl methyl sites for hydroxylation is 1. The summed E-state index contributed by atoms with van der Waals surface area (Å²) in [5.74, 6) is 0.840. The van der Waals surface area contributed by atoms with Crippen LogP contribution in [0.15, 0.2) is 37.1 Å². The Balaban J connectivity index is 0.00000128. The third kappa shape index (κ3) is 2.66. The molecule has 0 spiro atoms. The molecule has 5 heteroatoms. The minimum absolute atomic E-state index is 0. The molecule has 0 aliphatic carbocycles. The van der Waals surface area contributed by atoms with Gasteiger partial charge in [-0.15, -0.1) is 0 Å². The lowest BCUT2D eigenvalue weighted by atomic mass is 10.2. The average Bonchev–Trinajstić information content (AvgIpc) is 2.65. The normalized spacial score (nSPS) is 9.62. The molecule has 0 amide bonds. The van der Waals surface area contributed by atoms with Crippen LogP contribution in [0.4, 0.5) is 0 Å². The Morgan fingerprint density at radius 3 is 2.62 bits per heavy atom. The summed E-state index contributed by atoms with van der Waals surface area (Å²) >= 11 is 0. The van der Waals surface area contributed by atoms with Crippen molar-refractivity contribution < 1.29 is 33.3 Å². The monoisotopic (exact) mass is 329 g/mol. The predicted molar refractivity (Wildman–Crippen MR) is 54.7 cm³/mol. The number of carbonyl (C=O) groups excluding carboxylic acids is 1. The van der Waals surface area contributed by atoms with Crippen molar-refractivity contribution in [2.45, 2.75) is 6.92 Å². The van der Waals surface area contributed by atoms with Gasteiger partial charge in [0.1, 0.15) is 12.4 Å². The lowest BCUT2D eigenvalue weighted by Crippen LogP contribution is -3.00. The van der Waals surface area contributed by atoms with E-state index in [1.165, 1.54) is 6.92 Å². The number of ketones is 1. The Labute approximate surface area is 111 Å². The van der Waals surface area contributed by atoms with Gasteiger partial charge in [-0.2, -0.15) is 4.57 Å². The lowest BCUT2D eigenvalue weighted by molar-refractivity contribution is -0.670. The third-order valence-corrected chi connectivity index (χ3v) is 2.19. The van der Waals surface area contributed by atoms with Crippen LogP contribution in [0, 0.1) is 0 Å². The highest BCUT2D eigenvalue weighted by Crippen LogP contribution is 2.05. The maximum absolute atomic E-state index is 11.0. The van der Waals surface area contributed by atoms with Gasteiger partial charge in [-0.3, -0.25) is 4.79 Å². The van der Waals surface area contributed by atoms with E-state index in [0.29, 0.717) is 5.56 Å². The van der Waals surface area contributed by atoms with Crippen LogP contribution in [0.1, 0.15) is 17.3 Å². The Kier molecular flexibility index (Phi) is 4.17. The molecular weight excluding hydrogens is 317 g/mol. The highest BCUT2D eigenvalue weighted by atomic mass is 127. The molecule has 4 nitrogen and oxygen atoms in total. The van der Waals surface area contributed by atoms with Crippen LogP contribution in [0.25, 0.3) is 5.82 Å². The molecule has 0 radical (unpaired) electrons. The van der Waals surface area contributed by atoms with Crippen LogP contribution in [0.2, 0.25) is 0 Å². The van der Waals surface area contributed by atoms with Crippen LogP contribution in [0.3, 0.4) is 0 Å². The molecule has 2 heterocycles. The maximum atomic E-state index is 11.0. The van der Waals surface area contributed by atoms with E-state index in [9.17, 15) is 4.79 Å². The number of hydrogen-bond donors (Lipinski definition) is 0. The summed E-state index contributed by atoms with van der Waals surface area (Å²) in [6, 6.07) is 3.61. The molecule has 0 aromatic carbocycles. The molecule has 0 aliphatic heterocycles. The first-order valence-corrected chi connectivity index (χ1v) is 4.67. The Hall–Kier alpha value is -1.24. The largest absolute Gasteiger partial charge is 1.00 e. The van der Waals surface area contributed by atoms with Crippen molar-refractivity contribution in [1.29, 1.82) is 0 Å². The van der Waals surface area contributed by atoms with Gasteiger partial charge in [0.25, 0.3) is 0 Å². The molecule has 0 saturated carbocycles. The van der Waals surface area contributed by atoms with Gasteiger partial charge in [-0.25, -0.2) is 9.55 Å². The zero-order chi connectivity index (χ0) is 10.8. The number of halogens is 1. The summed E-state index contributed by atoms with van der Waals surface area (Å²) in [4.78, 5) is 15.3. The summed E-state index contributed by atoms with van der Waals surface area (Å²) in [6.45, 7) is 1.53. The molecule has 2 aromatic rings. The molecule has 0 aliphatic rings. The van der Waals surface area contributed by atoms with Crippen molar-refractivity contribution in [3.8, 4) is 5.82 Å². The number of carbonyl (C=O) groups is 1. The standard InChI is InChI=1S/C11H12N3O.HI/c1-9(15)10-3-4-11(12-7-10)14-6-5-13(2)8-14;/h3-8H,1-2H3;1H/q+1;/p-1. The molecule has 0 atom stereocenters. The number of nitrogens with zero attached hydrogens (tertiary/aromatic N) is 3. The molecule has 16 heavy (non-hydrogen) atoms. The predicted octanol–water partition coefficient (Wildman–Crippen LogP) is -2.10. The fourth-order valence-corrected chi connectivity index (χ4v) is 1.33. The van der Waals surface area contributed by atoms with Gasteiger partial charge < -0.3 is 24.0 Å². The molecule has 0 bridgehead atoms. The molecule has 2 rings (SSSR count). The van der Waals surface area contributed by atoms with E-state index in [1.54, 1.807) is 12.3 Å². The van der Waals surface area contributed by atoms with Crippen LogP contribution < -0.4 is 28.5 Å². The Bertz CT molecular complexity index is 490. The average molecular weight is 329 g/mol. The van der Waals surface area contributed by atoms with E-state index in [4.69, 9.17) is 0 Å². The molecule has 0 saturated heterocycles. The van der Waals surface area contributed by atoms with Gasteiger partial charge in [0, 0.05) is 17.8 Å². The van der Waals surface area contributed by atoms with Crippen molar-refractivity contribution in [2.75, 3.05) is 0 Å². The quantitative estimate of drug-likeness (QED) is 0.360. The maximum Gasteiger partial charge on any atom is 0.250 e. The highest BCUT2D eigenvalue weighted by molar-refractivity contribution is 5.93. The minimum atomic E-state index is 0. The SMILES string of the molecule is CC(=O)c1ccc(-n2cc[n+](C)c2)nc1.[I-]. The van der Waals surface area contributed by atoms with Crippen LogP contribution in [-0.4, -0.2) is 15.3 Å². The van der Waals surface area contributed by atoms with E-state index in [1.807, 2.05) is 41.0 Å². The number of imidazole rings is 1. The van der Waals surface area contributed by atoms with Gasteiger partial charge in [-0.1, -0.05) is 0 Å². The fourth-order valence-electron chi connectivity index (χ4n) is 1.33. The van der Waals surface area contributed by atoms with E-state index in [2.05, 4.69) is 4.98 Å². The Morgan fingerprint density at radius 1 is 1.44 bits per heavy atom. The number of hydrogen-bond acceptors (Lipinski definition) is 2. The van der Waals surface area contributed by atoms with Gasteiger partial charge >= 0.3 is 0 Å². The second-order valence-corrected chi connectivity index (χ2v) is 3.45. The summed E-state index contributed by atoms with van der Waals surface area (Å²) < 4.78 is 3.82. The van der Waals surface area contributed by atoms with E-state index in [-0.39, 0.29) is 29.8 Å². The fraction of sp³-hybridized carbons (Fsp3) is 0.182. The summed E-state index contributed by atoms with van der Waals surface area (Å²) in [7, 11) is 1.94. The first kappa shape index (κ1) is 12.8. The minimum Gasteiger partial charge on any atom is -1.00 e. The first-order chi connectivity index (χ1) is 7.16. The second-order valence-electron chi connectivity index (χ2n) is 3.45. The van der Waals surface area contributed by atoms with Crippen molar-refractivity contribution in [3.63, 3.8) is 0 Å². The van der Waals surface area contributed by atoms with Crippen LogP contribution >= 0.6 is 0 Å². The summed E-state index contributed by atoms with van der Waals surface area (Å²) in [5.41, 5.74) is 0.635. The van der Waals surface area contributed by atoms with Crippen LogP contribution in [-0.2, 0) is 7.05 Å². The van der Waals surface area contributed by atoms with Crippen molar-refractivity contribution in [1.82, 2.24) is 9.55 Å². The molecule has 0 N–H and O–H groups in total. The van der Waals surface area contributed by atoms with Crippen molar-refractivity contribution >= 4 is 5.78 Å². The van der Waals surface area contributed by atoms with Gasteiger partial charge in [-0.05, 0) is 13.0 Å². The number of pyridine rings is 1. The van der Waals surface area contributed by atoms with E-state index >= 15 is 0 Å². The number of rotatable bonds is 2. The van der Waals surface area contributed by atoms with Crippen LogP contribution in [0.5, 0.6) is 0 Å². The third-order valence-electron chi connectivity index (χ3n) is 2.19. The molecule has 0 unspecified atom stereocenters. The molecule has 84 valence electrons. The van der Waals surface area contributed by atoms with Gasteiger partial charge in [0.05, 0.1) is 7.05 Å². The lowest BCUT2D eigenvalue weighted by Gasteiger charge is -1.96. The van der Waals surface area contributed by atoms with Gasteiger partial charge in [0.2, 0.25) is 12.1 Å². The highest BCUT2D eigenvalue weighted by Gasteiger charge is 2.06. The number of aromatic nitrogens is 3. The van der Waals surface area contributed by atoms with Crippen molar-refractivity contribution in [3.05, 3.63) is 42.6 Å². The molecule has 2 aromatic heterocycles. The van der Waals surface area contributed by atoms with Crippen molar-refractivity contribution in [2.24, 2.45) is 7.05 Å². The number of Topliss-reactive ketones (excluding diaryl/α,β-unsaturated/α-hetero) is 1. The molecular formula is C11H12IN3O. The van der Waals surface area contributed by atoms with Gasteiger partial charge in [0.15, 0.2) is 5.78 Å². The topological polar surface area (TPSA) is 38.8 Å². The smallest absolute Gasteiger partial charge is 0.250 e. The zero-order valence-corrected chi connectivity index (χ0v) is 11.2. The Morgan fingerprint density at radius 2 is 2.19 bits per heavy atom.